The average molecular weight is 384 g/mol. The molecule has 0 bridgehead atoms. The molecule has 1 fully saturated rings. The van der Waals surface area contributed by atoms with Gasteiger partial charge in [0, 0.05) is 17.3 Å². The summed E-state index contributed by atoms with van der Waals surface area (Å²) in [6, 6.07) is 11.2. The molecule has 8 heteroatoms. The van der Waals surface area contributed by atoms with E-state index < -0.39 is 17.8 Å². The van der Waals surface area contributed by atoms with Crippen molar-refractivity contribution in [3.8, 4) is 0 Å². The van der Waals surface area contributed by atoms with Gasteiger partial charge in [-0.3, -0.25) is 5.01 Å². The van der Waals surface area contributed by atoms with Crippen LogP contribution in [0.2, 0.25) is 5.02 Å². The predicted molar refractivity (Wildman–Crippen MR) is 93.7 cm³/mol. The summed E-state index contributed by atoms with van der Waals surface area (Å²) in [6.45, 7) is 2.48. The Labute approximate surface area is 153 Å². The highest BCUT2D eigenvalue weighted by Crippen LogP contribution is 2.31. The van der Waals surface area contributed by atoms with Gasteiger partial charge in [0.1, 0.15) is 0 Å². The van der Waals surface area contributed by atoms with Gasteiger partial charge in [0.15, 0.2) is 0 Å². The van der Waals surface area contributed by atoms with Crippen LogP contribution in [0.1, 0.15) is 24.1 Å². The Kier molecular flexibility index (Phi) is 5.11. The van der Waals surface area contributed by atoms with Crippen molar-refractivity contribution in [3.63, 3.8) is 0 Å². The largest absolute Gasteiger partial charge is 0.416 e. The molecule has 1 aliphatic rings. The van der Waals surface area contributed by atoms with Crippen molar-refractivity contribution in [2.75, 3.05) is 11.9 Å². The van der Waals surface area contributed by atoms with Crippen LogP contribution in [-0.4, -0.2) is 17.6 Å². The fraction of sp³-hybridized carbons (Fsp3) is 0.278. The molecule has 0 unspecified atom stereocenters. The Bertz CT molecular complexity index is 778. The van der Waals surface area contributed by atoms with Crippen LogP contribution in [0.3, 0.4) is 0 Å². The van der Waals surface area contributed by atoms with Crippen LogP contribution < -0.4 is 10.7 Å². The van der Waals surface area contributed by atoms with E-state index in [4.69, 9.17) is 11.6 Å². The van der Waals surface area contributed by atoms with Gasteiger partial charge < -0.3 is 5.32 Å². The number of amides is 2. The summed E-state index contributed by atoms with van der Waals surface area (Å²) >= 11 is 5.90. The summed E-state index contributed by atoms with van der Waals surface area (Å²) in [4.78, 5) is 12.4. The molecule has 2 aromatic rings. The molecule has 0 saturated carbocycles. The molecule has 1 heterocycles. The summed E-state index contributed by atoms with van der Waals surface area (Å²) < 4.78 is 37.8. The van der Waals surface area contributed by atoms with Crippen molar-refractivity contribution in [2.45, 2.75) is 19.1 Å². The number of hydrogen-bond donors (Lipinski definition) is 2. The van der Waals surface area contributed by atoms with Crippen LogP contribution in [0.25, 0.3) is 0 Å². The van der Waals surface area contributed by atoms with Gasteiger partial charge in [-0.05, 0) is 47.9 Å². The second-order valence-electron chi connectivity index (χ2n) is 6.25. The Morgan fingerprint density at radius 1 is 1.15 bits per heavy atom. The Morgan fingerprint density at radius 2 is 1.77 bits per heavy atom. The topological polar surface area (TPSA) is 44.4 Å². The summed E-state index contributed by atoms with van der Waals surface area (Å²) in [5, 5.41) is 4.67. The molecule has 26 heavy (non-hydrogen) atoms. The number of alkyl halides is 3. The van der Waals surface area contributed by atoms with Gasteiger partial charge >= 0.3 is 12.2 Å². The highest BCUT2D eigenvalue weighted by Gasteiger charge is 2.33. The highest BCUT2D eigenvalue weighted by atomic mass is 35.5. The van der Waals surface area contributed by atoms with E-state index in [1.54, 1.807) is 12.1 Å². The lowest BCUT2D eigenvalue weighted by Crippen LogP contribution is -2.40. The molecule has 0 radical (unpaired) electrons. The number of nitrogens with zero attached hydrogens (tertiary/aromatic N) is 1. The molecule has 1 aliphatic heterocycles. The second-order valence-corrected chi connectivity index (χ2v) is 6.69. The van der Waals surface area contributed by atoms with Gasteiger partial charge in [0.25, 0.3) is 0 Å². The van der Waals surface area contributed by atoms with Crippen LogP contribution in [0.5, 0.6) is 0 Å². The van der Waals surface area contributed by atoms with Crippen LogP contribution >= 0.6 is 11.6 Å². The molecular weight excluding hydrogens is 367 g/mol. The number of hydrogen-bond acceptors (Lipinski definition) is 2. The third-order valence-electron chi connectivity index (χ3n) is 4.27. The number of benzene rings is 2. The van der Waals surface area contributed by atoms with Crippen molar-refractivity contribution in [2.24, 2.45) is 5.92 Å². The summed E-state index contributed by atoms with van der Waals surface area (Å²) in [6.07, 6.45) is -4.40. The molecule has 1 saturated heterocycles. The minimum Gasteiger partial charge on any atom is -0.307 e. The maximum absolute atomic E-state index is 12.6. The van der Waals surface area contributed by atoms with E-state index in [1.807, 2.05) is 19.1 Å². The molecule has 2 atom stereocenters. The number of hydrazine groups is 1. The number of nitrogens with one attached hydrogen (secondary N) is 2. The molecule has 2 amide bonds. The minimum absolute atomic E-state index is 0.0503. The normalized spacial score (nSPS) is 20.3. The second kappa shape index (κ2) is 7.17. The average Bonchev–Trinajstić information content (AvgIpc) is 2.97. The van der Waals surface area contributed by atoms with E-state index in [9.17, 15) is 18.0 Å². The van der Waals surface area contributed by atoms with Gasteiger partial charge in [-0.1, -0.05) is 30.7 Å². The summed E-state index contributed by atoms with van der Waals surface area (Å²) in [5.41, 5.74) is 3.68. The number of urea groups is 1. The molecule has 3 rings (SSSR count). The maximum atomic E-state index is 12.6. The molecule has 2 aromatic carbocycles. The zero-order chi connectivity index (χ0) is 18.9. The number of rotatable bonds is 2. The van der Waals surface area contributed by atoms with Gasteiger partial charge in [0.2, 0.25) is 0 Å². The highest BCUT2D eigenvalue weighted by molar-refractivity contribution is 6.30. The first kappa shape index (κ1) is 18.5. The third kappa shape index (κ3) is 4.11. The van der Waals surface area contributed by atoms with Crippen molar-refractivity contribution in [1.29, 1.82) is 0 Å². The van der Waals surface area contributed by atoms with Crippen LogP contribution in [0, 0.1) is 5.92 Å². The van der Waals surface area contributed by atoms with E-state index in [-0.39, 0.29) is 12.0 Å². The maximum Gasteiger partial charge on any atom is 0.416 e. The molecule has 2 N–H and O–H groups in total. The standard InChI is InChI=1S/C18H17ClF3N3O/c1-11-10-25(24-16(11)12-2-6-14(19)7-3-12)17(26)23-15-8-4-13(5-9-15)18(20,21)22/h2-9,11,16,24H,10H2,1H3,(H,23,26)/t11-,16-/m1/s1. The molecule has 4 nitrogen and oxygen atoms in total. The van der Waals surface area contributed by atoms with Crippen molar-refractivity contribution in [3.05, 3.63) is 64.7 Å². The molecule has 0 aromatic heterocycles. The zero-order valence-corrected chi connectivity index (χ0v) is 14.6. The Morgan fingerprint density at radius 3 is 2.35 bits per heavy atom. The summed E-state index contributed by atoms with van der Waals surface area (Å²) in [7, 11) is 0. The van der Waals surface area contributed by atoms with E-state index in [1.165, 1.54) is 17.1 Å². The quantitative estimate of drug-likeness (QED) is 0.758. The van der Waals surface area contributed by atoms with E-state index in [2.05, 4.69) is 10.7 Å². The summed E-state index contributed by atoms with van der Waals surface area (Å²) in [5.74, 6) is 0.162. The Hall–Kier alpha value is -2.25. The SMILES string of the molecule is C[C@@H]1CN(C(=O)Nc2ccc(C(F)(F)F)cc2)N[C@H]1c1ccc(Cl)cc1. The lowest BCUT2D eigenvalue weighted by Gasteiger charge is -2.19. The fourth-order valence-electron chi connectivity index (χ4n) is 2.89. The minimum atomic E-state index is -4.40. The van der Waals surface area contributed by atoms with E-state index in [0.717, 1.165) is 17.7 Å². The van der Waals surface area contributed by atoms with Crippen molar-refractivity contribution < 1.29 is 18.0 Å². The van der Waals surface area contributed by atoms with Crippen LogP contribution in [0.15, 0.2) is 48.5 Å². The first-order chi connectivity index (χ1) is 12.2. The first-order valence-corrected chi connectivity index (χ1v) is 8.39. The molecule has 0 spiro atoms. The molecule has 138 valence electrons. The first-order valence-electron chi connectivity index (χ1n) is 8.01. The van der Waals surface area contributed by atoms with Gasteiger partial charge in [-0.15, -0.1) is 0 Å². The van der Waals surface area contributed by atoms with E-state index >= 15 is 0 Å². The predicted octanol–water partition coefficient (Wildman–Crippen LogP) is 5.09. The molecular formula is C18H17ClF3N3O. The van der Waals surface area contributed by atoms with Gasteiger partial charge in [-0.2, -0.15) is 13.2 Å². The van der Waals surface area contributed by atoms with Crippen LogP contribution in [-0.2, 0) is 6.18 Å². The zero-order valence-electron chi connectivity index (χ0n) is 13.8. The number of halogens is 4. The lowest BCUT2D eigenvalue weighted by atomic mass is 9.97. The number of anilines is 1. The van der Waals surface area contributed by atoms with Gasteiger partial charge in [-0.25, -0.2) is 10.2 Å². The lowest BCUT2D eigenvalue weighted by molar-refractivity contribution is -0.137. The third-order valence-corrected chi connectivity index (χ3v) is 4.52. The number of carbonyl (C=O) groups is 1. The molecule has 0 aliphatic carbocycles. The monoisotopic (exact) mass is 383 g/mol. The van der Waals surface area contributed by atoms with Crippen molar-refractivity contribution >= 4 is 23.3 Å². The number of carbonyl (C=O) groups excluding carboxylic acids is 1. The van der Waals surface area contributed by atoms with Gasteiger partial charge in [0.05, 0.1) is 11.6 Å². The smallest absolute Gasteiger partial charge is 0.307 e. The van der Waals surface area contributed by atoms with Crippen LogP contribution in [0.4, 0.5) is 23.7 Å². The van der Waals surface area contributed by atoms with E-state index in [0.29, 0.717) is 17.3 Å². The van der Waals surface area contributed by atoms with Crippen molar-refractivity contribution in [1.82, 2.24) is 10.4 Å². The fourth-order valence-corrected chi connectivity index (χ4v) is 3.02. The Balaban J connectivity index is 1.64.